The zero-order valence-corrected chi connectivity index (χ0v) is 15.3. The van der Waals surface area contributed by atoms with Gasteiger partial charge in [-0.1, -0.05) is 36.4 Å². The van der Waals surface area contributed by atoms with Crippen molar-refractivity contribution in [2.75, 3.05) is 21.3 Å². The minimum atomic E-state index is 0.00922. The molecular weight excluding hydrogens is 334 g/mol. The largest absolute Gasteiger partial charge is 0.493 e. The lowest BCUT2D eigenvalue weighted by molar-refractivity contribution is 0.346. The molecule has 0 fully saturated rings. The number of hydrogen-bond donors (Lipinski definition) is 1. The summed E-state index contributed by atoms with van der Waals surface area (Å²) in [7, 11) is 5.08. The number of thiocarbonyl (C=S) groups is 1. The van der Waals surface area contributed by atoms with E-state index in [1.807, 2.05) is 48.5 Å². The van der Waals surface area contributed by atoms with Crippen molar-refractivity contribution in [3.8, 4) is 11.5 Å². The number of ether oxygens (including phenoxy) is 2. The van der Waals surface area contributed by atoms with Gasteiger partial charge in [-0.15, -0.1) is 0 Å². The molecule has 5 nitrogen and oxygen atoms in total. The van der Waals surface area contributed by atoms with Gasteiger partial charge in [-0.25, -0.2) is 5.01 Å². The van der Waals surface area contributed by atoms with E-state index in [-0.39, 0.29) is 6.04 Å². The molecule has 1 aliphatic heterocycles. The van der Waals surface area contributed by atoms with Gasteiger partial charge in [0.05, 0.1) is 26.0 Å². The molecule has 0 unspecified atom stereocenters. The summed E-state index contributed by atoms with van der Waals surface area (Å²) in [6.45, 7) is 0. The molecule has 3 rings (SSSR count). The van der Waals surface area contributed by atoms with Crippen LogP contribution in [0, 0.1) is 0 Å². The highest BCUT2D eigenvalue weighted by Crippen LogP contribution is 2.37. The molecule has 0 spiro atoms. The lowest BCUT2D eigenvalue weighted by Gasteiger charge is -2.24. The lowest BCUT2D eigenvalue weighted by Crippen LogP contribution is -2.34. The van der Waals surface area contributed by atoms with Crippen LogP contribution < -0.4 is 14.8 Å². The third-order valence-corrected chi connectivity index (χ3v) is 4.62. The Morgan fingerprint density at radius 3 is 2.48 bits per heavy atom. The first kappa shape index (κ1) is 17.2. The van der Waals surface area contributed by atoms with Gasteiger partial charge in [-0.2, -0.15) is 5.10 Å². The highest BCUT2D eigenvalue weighted by molar-refractivity contribution is 7.80. The number of benzene rings is 2. The maximum atomic E-state index is 5.46. The van der Waals surface area contributed by atoms with E-state index in [0.717, 1.165) is 23.3 Å². The van der Waals surface area contributed by atoms with Crippen molar-refractivity contribution in [3.05, 3.63) is 59.7 Å². The second-order valence-electron chi connectivity index (χ2n) is 5.65. The normalized spacial score (nSPS) is 16.4. The second-order valence-corrected chi connectivity index (χ2v) is 6.03. The van der Waals surface area contributed by atoms with Crippen molar-refractivity contribution in [2.45, 2.75) is 12.5 Å². The van der Waals surface area contributed by atoms with Crippen LogP contribution in [0.4, 0.5) is 0 Å². The van der Waals surface area contributed by atoms with Gasteiger partial charge in [-0.05, 0) is 35.5 Å². The van der Waals surface area contributed by atoms with Crippen molar-refractivity contribution in [1.82, 2.24) is 10.3 Å². The Balaban J connectivity index is 1.96. The summed E-state index contributed by atoms with van der Waals surface area (Å²) in [4.78, 5) is 0. The Morgan fingerprint density at radius 2 is 1.84 bits per heavy atom. The minimum absolute atomic E-state index is 0.00922. The van der Waals surface area contributed by atoms with Crippen LogP contribution in [-0.4, -0.2) is 37.1 Å². The molecule has 0 aromatic heterocycles. The number of methoxy groups -OCH3 is 2. The summed E-state index contributed by atoms with van der Waals surface area (Å²) in [6.07, 6.45) is 0.765. The molecule has 0 aliphatic carbocycles. The third-order valence-electron chi connectivity index (χ3n) is 4.23. The number of hydrazone groups is 1. The maximum Gasteiger partial charge on any atom is 0.189 e. The molecule has 1 atom stereocenters. The summed E-state index contributed by atoms with van der Waals surface area (Å²) >= 11 is 5.46. The van der Waals surface area contributed by atoms with Gasteiger partial charge in [0.15, 0.2) is 16.6 Å². The predicted octanol–water partition coefficient (Wildman–Crippen LogP) is 3.36. The molecule has 2 aromatic carbocycles. The first-order valence-electron chi connectivity index (χ1n) is 8.03. The lowest BCUT2D eigenvalue weighted by atomic mass is 9.98. The van der Waals surface area contributed by atoms with Crippen molar-refractivity contribution >= 4 is 23.0 Å². The zero-order valence-electron chi connectivity index (χ0n) is 14.5. The molecule has 0 radical (unpaired) electrons. The van der Waals surface area contributed by atoms with Gasteiger partial charge in [0, 0.05) is 13.5 Å². The number of nitrogens with zero attached hydrogens (tertiary/aromatic N) is 2. The van der Waals surface area contributed by atoms with Crippen LogP contribution in [0.3, 0.4) is 0 Å². The number of rotatable bonds is 4. The smallest absolute Gasteiger partial charge is 0.189 e. The summed E-state index contributed by atoms with van der Waals surface area (Å²) in [5.74, 6) is 1.40. The first-order chi connectivity index (χ1) is 12.2. The molecule has 0 saturated carbocycles. The number of hydrogen-bond acceptors (Lipinski definition) is 4. The van der Waals surface area contributed by atoms with E-state index in [4.69, 9.17) is 26.8 Å². The van der Waals surface area contributed by atoms with E-state index < -0.39 is 0 Å². The summed E-state index contributed by atoms with van der Waals surface area (Å²) in [5.41, 5.74) is 3.19. The van der Waals surface area contributed by atoms with Gasteiger partial charge < -0.3 is 14.8 Å². The molecule has 2 aromatic rings. The molecule has 1 heterocycles. The molecule has 0 saturated heterocycles. The Bertz CT molecular complexity index is 793. The van der Waals surface area contributed by atoms with Crippen LogP contribution in [0.2, 0.25) is 0 Å². The summed E-state index contributed by atoms with van der Waals surface area (Å²) in [6, 6.07) is 16.1. The van der Waals surface area contributed by atoms with Crippen molar-refractivity contribution in [2.24, 2.45) is 5.10 Å². The molecule has 0 bridgehead atoms. The van der Waals surface area contributed by atoms with Crippen LogP contribution in [0.15, 0.2) is 53.6 Å². The molecular formula is C19H21N3O2S. The standard InChI is InChI=1S/C19H21N3O2S/c1-20-19(25)22-16(12-15(21-22)13-7-5-4-6-8-13)14-9-10-17(23-2)18(11-14)24-3/h4-11,16H,12H2,1-3H3,(H,20,25)/t16-/m0/s1. The van der Waals surface area contributed by atoms with Crippen LogP contribution in [0.25, 0.3) is 0 Å². The van der Waals surface area contributed by atoms with E-state index in [2.05, 4.69) is 17.4 Å². The second kappa shape index (κ2) is 7.53. The maximum absolute atomic E-state index is 5.46. The Hall–Kier alpha value is -2.60. The van der Waals surface area contributed by atoms with E-state index in [1.54, 1.807) is 14.2 Å². The molecule has 130 valence electrons. The van der Waals surface area contributed by atoms with E-state index in [0.29, 0.717) is 16.6 Å². The fourth-order valence-corrected chi connectivity index (χ4v) is 3.11. The zero-order chi connectivity index (χ0) is 17.8. The first-order valence-corrected chi connectivity index (χ1v) is 8.44. The minimum Gasteiger partial charge on any atom is -0.493 e. The van der Waals surface area contributed by atoms with Crippen molar-refractivity contribution in [3.63, 3.8) is 0 Å². The quantitative estimate of drug-likeness (QED) is 0.852. The molecule has 6 heteroatoms. The molecule has 25 heavy (non-hydrogen) atoms. The van der Waals surface area contributed by atoms with Crippen molar-refractivity contribution < 1.29 is 9.47 Å². The fourth-order valence-electron chi connectivity index (χ4n) is 2.94. The topological polar surface area (TPSA) is 46.1 Å². The van der Waals surface area contributed by atoms with Gasteiger partial charge >= 0.3 is 0 Å². The SMILES string of the molecule is CNC(=S)N1N=C(c2ccccc2)C[C@H]1c1ccc(OC)c(OC)c1. The Kier molecular flexibility index (Phi) is 5.19. The average molecular weight is 355 g/mol. The van der Waals surface area contributed by atoms with E-state index >= 15 is 0 Å². The van der Waals surface area contributed by atoms with Crippen LogP contribution in [0.5, 0.6) is 11.5 Å². The monoisotopic (exact) mass is 355 g/mol. The molecule has 0 amide bonds. The van der Waals surface area contributed by atoms with Crippen LogP contribution >= 0.6 is 12.2 Å². The van der Waals surface area contributed by atoms with Gasteiger partial charge in [0.2, 0.25) is 0 Å². The van der Waals surface area contributed by atoms with Crippen LogP contribution in [0.1, 0.15) is 23.6 Å². The summed E-state index contributed by atoms with van der Waals surface area (Å²) < 4.78 is 10.8. The summed E-state index contributed by atoms with van der Waals surface area (Å²) in [5, 5.41) is 10.2. The van der Waals surface area contributed by atoms with Gasteiger partial charge in [0.1, 0.15) is 0 Å². The highest BCUT2D eigenvalue weighted by Gasteiger charge is 2.31. The fraction of sp³-hybridized carbons (Fsp3) is 0.263. The molecule has 1 aliphatic rings. The Labute approximate surface area is 153 Å². The highest BCUT2D eigenvalue weighted by atomic mass is 32.1. The predicted molar refractivity (Wildman–Crippen MR) is 103 cm³/mol. The Morgan fingerprint density at radius 1 is 1.12 bits per heavy atom. The van der Waals surface area contributed by atoms with E-state index in [9.17, 15) is 0 Å². The van der Waals surface area contributed by atoms with E-state index in [1.165, 1.54) is 0 Å². The van der Waals surface area contributed by atoms with Crippen LogP contribution in [-0.2, 0) is 0 Å². The van der Waals surface area contributed by atoms with Crippen molar-refractivity contribution in [1.29, 1.82) is 0 Å². The number of nitrogens with one attached hydrogen (secondary N) is 1. The molecule has 1 N–H and O–H groups in total. The van der Waals surface area contributed by atoms with Gasteiger partial charge in [0.25, 0.3) is 0 Å². The van der Waals surface area contributed by atoms with Gasteiger partial charge in [-0.3, -0.25) is 0 Å². The average Bonchev–Trinajstić information content (AvgIpc) is 3.13. The third kappa shape index (κ3) is 3.44.